The molecule has 2 aliphatic heterocycles. The maximum Gasteiger partial charge on any atom is 0.410 e. The molecule has 2 atom stereocenters. The number of carbonyl (C=O) groups excluding carboxylic acids is 1. The van der Waals surface area contributed by atoms with E-state index in [2.05, 4.69) is 10.1 Å². The van der Waals surface area contributed by atoms with Crippen LogP contribution >= 0.6 is 11.3 Å². The van der Waals surface area contributed by atoms with E-state index >= 15 is 0 Å². The molecule has 36 heavy (non-hydrogen) atoms. The van der Waals surface area contributed by atoms with Gasteiger partial charge in [0.05, 0.1) is 25.0 Å². The van der Waals surface area contributed by atoms with Crippen LogP contribution in [0.5, 0.6) is 0 Å². The van der Waals surface area contributed by atoms with Crippen molar-refractivity contribution >= 4 is 27.5 Å². The van der Waals surface area contributed by atoms with Crippen LogP contribution in [-0.2, 0) is 22.6 Å². The number of β-amino-alcohol motifs (C(OH)–C–C–N with tert-alkyl or cyclic N) is 1. The van der Waals surface area contributed by atoms with E-state index in [4.69, 9.17) is 9.47 Å². The number of fused-ring (bicyclic) bond motifs is 3. The summed E-state index contributed by atoms with van der Waals surface area (Å²) in [6.07, 6.45) is 5.25. The Morgan fingerprint density at radius 2 is 2.14 bits per heavy atom. The minimum absolute atomic E-state index is 0.0488. The SMILES string of the molecule is O=C(OCc1ccccc1)N1Cc2c([nH]c(=O)c3sc(-c4cnn(C5CCCCO5)c4)cc23)C(O)C1. The van der Waals surface area contributed by atoms with Gasteiger partial charge in [0, 0.05) is 34.2 Å². The van der Waals surface area contributed by atoms with Crippen LogP contribution in [0.15, 0.2) is 53.6 Å². The van der Waals surface area contributed by atoms with E-state index in [1.165, 1.54) is 16.2 Å². The number of aromatic nitrogens is 3. The summed E-state index contributed by atoms with van der Waals surface area (Å²) in [5.41, 5.74) is 2.72. The van der Waals surface area contributed by atoms with Crippen molar-refractivity contribution in [3.63, 3.8) is 0 Å². The second-order valence-corrected chi connectivity index (χ2v) is 10.2. The van der Waals surface area contributed by atoms with E-state index < -0.39 is 12.2 Å². The Labute approximate surface area is 210 Å². The van der Waals surface area contributed by atoms with Gasteiger partial charge in [-0.15, -0.1) is 11.3 Å². The lowest BCUT2D eigenvalue weighted by molar-refractivity contribution is -0.0394. The number of carbonyl (C=O) groups is 1. The van der Waals surface area contributed by atoms with Gasteiger partial charge in [-0.25, -0.2) is 9.48 Å². The van der Waals surface area contributed by atoms with Crippen LogP contribution in [0.4, 0.5) is 4.79 Å². The summed E-state index contributed by atoms with van der Waals surface area (Å²) in [6.45, 7) is 1.17. The number of hydrogen-bond acceptors (Lipinski definition) is 7. The van der Waals surface area contributed by atoms with Crippen LogP contribution < -0.4 is 5.56 Å². The van der Waals surface area contributed by atoms with Crippen LogP contribution in [0.1, 0.15) is 48.4 Å². The molecule has 0 aliphatic carbocycles. The minimum atomic E-state index is -1.01. The fourth-order valence-corrected chi connectivity index (χ4v) is 5.90. The number of nitrogens with zero attached hydrogens (tertiary/aromatic N) is 3. The zero-order valence-electron chi connectivity index (χ0n) is 19.6. The van der Waals surface area contributed by atoms with E-state index in [0.717, 1.165) is 52.8 Å². The summed E-state index contributed by atoms with van der Waals surface area (Å²) >= 11 is 1.37. The molecule has 2 N–H and O–H groups in total. The van der Waals surface area contributed by atoms with Gasteiger partial charge in [0.1, 0.15) is 23.6 Å². The predicted molar refractivity (Wildman–Crippen MR) is 135 cm³/mol. The molecule has 2 unspecified atom stereocenters. The fourth-order valence-electron chi connectivity index (χ4n) is 4.84. The number of benzene rings is 1. The Morgan fingerprint density at radius 3 is 2.94 bits per heavy atom. The van der Waals surface area contributed by atoms with Crippen molar-refractivity contribution in [3.05, 3.63) is 76.0 Å². The van der Waals surface area contributed by atoms with Crippen LogP contribution in [0.2, 0.25) is 0 Å². The Kier molecular flexibility index (Phi) is 6.08. The van der Waals surface area contributed by atoms with E-state index in [9.17, 15) is 14.7 Å². The number of aliphatic hydroxyl groups is 1. The highest BCUT2D eigenvalue weighted by molar-refractivity contribution is 7.22. The lowest BCUT2D eigenvalue weighted by Gasteiger charge is -2.31. The summed E-state index contributed by atoms with van der Waals surface area (Å²) in [7, 11) is 0. The van der Waals surface area contributed by atoms with Gasteiger partial charge in [-0.1, -0.05) is 30.3 Å². The number of thiophene rings is 1. The number of aliphatic hydroxyl groups excluding tert-OH is 1. The highest BCUT2D eigenvalue weighted by Crippen LogP contribution is 2.37. The average Bonchev–Trinajstić information content (AvgIpc) is 3.57. The van der Waals surface area contributed by atoms with Gasteiger partial charge in [0.2, 0.25) is 0 Å². The average molecular weight is 507 g/mol. The number of rotatable bonds is 4. The molecule has 9 nitrogen and oxygen atoms in total. The largest absolute Gasteiger partial charge is 0.445 e. The normalized spacial score (nSPS) is 19.9. The Balaban J connectivity index is 1.28. The Hall–Kier alpha value is -3.47. The van der Waals surface area contributed by atoms with Gasteiger partial charge in [0.25, 0.3) is 5.56 Å². The molecule has 0 spiro atoms. The summed E-state index contributed by atoms with van der Waals surface area (Å²) in [5.74, 6) is 0. The smallest absolute Gasteiger partial charge is 0.410 e. The van der Waals surface area contributed by atoms with E-state index in [1.807, 2.05) is 47.3 Å². The molecule has 3 aromatic heterocycles. The molecule has 1 amide bonds. The number of amides is 1. The molecule has 1 fully saturated rings. The number of H-pyrrole nitrogens is 1. The van der Waals surface area contributed by atoms with Gasteiger partial charge in [0.15, 0.2) is 0 Å². The summed E-state index contributed by atoms with van der Waals surface area (Å²) < 4.78 is 13.7. The molecule has 10 heteroatoms. The van der Waals surface area contributed by atoms with Crippen molar-refractivity contribution in [2.45, 2.75) is 44.7 Å². The Bertz CT molecular complexity index is 1450. The van der Waals surface area contributed by atoms with Crippen molar-refractivity contribution in [1.29, 1.82) is 0 Å². The van der Waals surface area contributed by atoms with Gasteiger partial charge in [-0.05, 0) is 30.9 Å². The molecule has 5 heterocycles. The maximum absolute atomic E-state index is 12.9. The second kappa shape index (κ2) is 9.53. The molecule has 0 radical (unpaired) electrons. The van der Waals surface area contributed by atoms with Gasteiger partial charge < -0.3 is 24.5 Å². The topological polar surface area (TPSA) is 110 Å². The van der Waals surface area contributed by atoms with E-state index in [1.54, 1.807) is 6.20 Å². The lowest BCUT2D eigenvalue weighted by Crippen LogP contribution is -2.39. The van der Waals surface area contributed by atoms with Gasteiger partial charge >= 0.3 is 6.09 Å². The third-order valence-corrected chi connectivity index (χ3v) is 7.90. The van der Waals surface area contributed by atoms with E-state index in [0.29, 0.717) is 10.4 Å². The Morgan fingerprint density at radius 1 is 1.28 bits per heavy atom. The summed E-state index contributed by atoms with van der Waals surface area (Å²) in [4.78, 5) is 30.9. The second-order valence-electron chi connectivity index (χ2n) is 9.17. The van der Waals surface area contributed by atoms with Crippen LogP contribution in [0.25, 0.3) is 20.5 Å². The third kappa shape index (κ3) is 4.32. The molecule has 6 rings (SSSR count). The first-order chi connectivity index (χ1) is 17.6. The number of nitrogens with one attached hydrogen (secondary N) is 1. The first kappa shape index (κ1) is 23.0. The van der Waals surface area contributed by atoms with E-state index in [-0.39, 0.29) is 31.5 Å². The minimum Gasteiger partial charge on any atom is -0.445 e. The number of aromatic amines is 1. The number of ether oxygens (including phenoxy) is 2. The molecule has 4 aromatic rings. The standard InChI is InChI=1S/C26H26N4O5S/c31-20-14-29(26(33)35-15-16-6-2-1-3-7-16)13-19-18-10-21(36-24(18)25(32)28-23(19)20)17-11-27-30(12-17)22-8-4-5-9-34-22/h1-3,6-7,10-12,20,22,31H,4-5,8-9,13-15H2,(H,28,32). The number of hydrogen-bond donors (Lipinski definition) is 2. The molecular formula is C26H26N4O5S. The highest BCUT2D eigenvalue weighted by Gasteiger charge is 2.31. The van der Waals surface area contributed by atoms with Crippen molar-refractivity contribution in [2.24, 2.45) is 0 Å². The van der Waals surface area contributed by atoms with Crippen LogP contribution in [0.3, 0.4) is 0 Å². The summed E-state index contributed by atoms with van der Waals surface area (Å²) in [5, 5.41) is 16.0. The van der Waals surface area contributed by atoms with Crippen LogP contribution in [-0.4, -0.2) is 44.0 Å². The van der Waals surface area contributed by atoms with Gasteiger partial charge in [-0.2, -0.15) is 5.10 Å². The van der Waals surface area contributed by atoms with Crippen molar-refractivity contribution < 1.29 is 19.4 Å². The lowest BCUT2D eigenvalue weighted by atomic mass is 10.00. The molecule has 186 valence electrons. The monoisotopic (exact) mass is 506 g/mol. The number of pyridine rings is 1. The molecule has 1 saturated heterocycles. The van der Waals surface area contributed by atoms with Crippen molar-refractivity contribution in [3.8, 4) is 10.4 Å². The highest BCUT2D eigenvalue weighted by atomic mass is 32.1. The van der Waals surface area contributed by atoms with Crippen molar-refractivity contribution in [1.82, 2.24) is 19.7 Å². The van der Waals surface area contributed by atoms with Crippen molar-refractivity contribution in [2.75, 3.05) is 13.2 Å². The molecular weight excluding hydrogens is 480 g/mol. The zero-order valence-corrected chi connectivity index (χ0v) is 20.4. The predicted octanol–water partition coefficient (Wildman–Crippen LogP) is 4.34. The van der Waals surface area contributed by atoms with Crippen LogP contribution in [0, 0.1) is 0 Å². The zero-order chi connectivity index (χ0) is 24.6. The molecule has 1 aromatic carbocycles. The van der Waals surface area contributed by atoms with Gasteiger partial charge in [-0.3, -0.25) is 4.79 Å². The quantitative estimate of drug-likeness (QED) is 0.426. The first-order valence-corrected chi connectivity index (χ1v) is 12.9. The third-order valence-electron chi connectivity index (χ3n) is 6.71. The molecule has 2 aliphatic rings. The maximum atomic E-state index is 12.9. The first-order valence-electron chi connectivity index (χ1n) is 12.1. The molecule has 0 saturated carbocycles. The summed E-state index contributed by atoms with van der Waals surface area (Å²) in [6, 6.07) is 11.4. The molecule has 0 bridgehead atoms. The fraction of sp³-hybridized carbons (Fsp3) is 0.346.